The molecular formula is C30H31N3O3S. The van der Waals surface area contributed by atoms with E-state index in [1.54, 1.807) is 6.07 Å². The lowest BCUT2D eigenvalue weighted by Crippen LogP contribution is -2.20. The number of ether oxygens (including phenoxy) is 1. The highest BCUT2D eigenvalue weighted by Crippen LogP contribution is 2.41. The highest BCUT2D eigenvalue weighted by Gasteiger charge is 2.29. The Morgan fingerprint density at radius 1 is 1.14 bits per heavy atom. The molecule has 0 unspecified atom stereocenters. The largest absolute Gasteiger partial charge is 0.494 e. The van der Waals surface area contributed by atoms with Crippen molar-refractivity contribution in [3.8, 4) is 17.0 Å². The number of carbonyl (C=O) groups excluding carboxylic acids is 2. The summed E-state index contributed by atoms with van der Waals surface area (Å²) in [6, 6.07) is 17.1. The Bertz CT molecular complexity index is 1480. The summed E-state index contributed by atoms with van der Waals surface area (Å²) in [5.74, 6) is 0.582. The van der Waals surface area contributed by atoms with E-state index in [9.17, 15) is 9.59 Å². The molecule has 0 bridgehead atoms. The maximum absolute atomic E-state index is 13.7. The number of benzene rings is 2. The maximum atomic E-state index is 13.7. The Balaban J connectivity index is 1.53. The Labute approximate surface area is 220 Å². The summed E-state index contributed by atoms with van der Waals surface area (Å²) < 4.78 is 5.66. The van der Waals surface area contributed by atoms with Crippen LogP contribution in [0.4, 0.5) is 5.00 Å². The fourth-order valence-electron chi connectivity index (χ4n) is 5.25. The second-order valence-electron chi connectivity index (χ2n) is 9.46. The molecule has 4 aromatic rings. The molecule has 6 nitrogen and oxygen atoms in total. The molecular weight excluding hydrogens is 482 g/mol. The van der Waals surface area contributed by atoms with Crippen LogP contribution < -0.4 is 15.8 Å². The molecule has 0 saturated heterocycles. The summed E-state index contributed by atoms with van der Waals surface area (Å²) in [6.45, 7) is 4.70. The lowest BCUT2D eigenvalue weighted by atomic mass is 9.84. The van der Waals surface area contributed by atoms with Gasteiger partial charge in [-0.05, 0) is 61.9 Å². The predicted octanol–water partition coefficient (Wildman–Crippen LogP) is 6.62. The number of fused-ring (bicyclic) bond motifs is 2. The van der Waals surface area contributed by atoms with Crippen molar-refractivity contribution in [1.82, 2.24) is 4.98 Å². The van der Waals surface area contributed by atoms with E-state index in [1.807, 2.05) is 55.5 Å². The normalized spacial score (nSPS) is 14.8. The van der Waals surface area contributed by atoms with Crippen molar-refractivity contribution in [3.63, 3.8) is 0 Å². The molecule has 37 heavy (non-hydrogen) atoms. The van der Waals surface area contributed by atoms with Crippen molar-refractivity contribution in [2.45, 2.75) is 46.0 Å². The van der Waals surface area contributed by atoms with Crippen molar-refractivity contribution >= 4 is 39.1 Å². The third-order valence-corrected chi connectivity index (χ3v) is 8.11. The van der Waals surface area contributed by atoms with Crippen LogP contribution >= 0.6 is 11.3 Å². The quantitative estimate of drug-likeness (QED) is 0.277. The van der Waals surface area contributed by atoms with E-state index in [4.69, 9.17) is 15.5 Å². The lowest BCUT2D eigenvalue weighted by Gasteiger charge is -2.21. The number of nitrogens with zero attached hydrogens (tertiary/aromatic N) is 1. The third kappa shape index (κ3) is 5.09. The summed E-state index contributed by atoms with van der Waals surface area (Å²) in [6.07, 6.45) is 5.11. The SMILES string of the molecule is CCC[C@H]1CCc2c(sc(NC(=O)c3cc(-c4cccc(OCC)c4)nc4ccccc34)c2C(N)=O)C1. The monoisotopic (exact) mass is 513 g/mol. The number of pyridine rings is 1. The van der Waals surface area contributed by atoms with Crippen LogP contribution in [0.15, 0.2) is 54.6 Å². The Kier molecular flexibility index (Phi) is 7.24. The van der Waals surface area contributed by atoms with Gasteiger partial charge in [-0.15, -0.1) is 11.3 Å². The number of carbonyl (C=O) groups is 2. The van der Waals surface area contributed by atoms with Gasteiger partial charge in [0, 0.05) is 15.8 Å². The topological polar surface area (TPSA) is 94.3 Å². The van der Waals surface area contributed by atoms with Crippen LogP contribution in [-0.4, -0.2) is 23.4 Å². The average molecular weight is 514 g/mol. The predicted molar refractivity (Wildman–Crippen MR) is 150 cm³/mol. The summed E-state index contributed by atoms with van der Waals surface area (Å²) >= 11 is 1.49. The van der Waals surface area contributed by atoms with E-state index in [0.29, 0.717) is 34.3 Å². The maximum Gasteiger partial charge on any atom is 0.257 e. The molecule has 0 aliphatic heterocycles. The van der Waals surface area contributed by atoms with Gasteiger partial charge in [-0.2, -0.15) is 0 Å². The molecule has 2 heterocycles. The van der Waals surface area contributed by atoms with Crippen molar-refractivity contribution in [3.05, 3.63) is 76.2 Å². The third-order valence-electron chi connectivity index (χ3n) is 6.94. The van der Waals surface area contributed by atoms with Gasteiger partial charge < -0.3 is 15.8 Å². The van der Waals surface area contributed by atoms with E-state index in [-0.39, 0.29) is 5.91 Å². The Morgan fingerprint density at radius 3 is 2.76 bits per heavy atom. The van der Waals surface area contributed by atoms with Gasteiger partial charge in [0.2, 0.25) is 0 Å². The first-order valence-electron chi connectivity index (χ1n) is 12.9. The van der Waals surface area contributed by atoms with Crippen molar-refractivity contribution in [2.24, 2.45) is 11.7 Å². The summed E-state index contributed by atoms with van der Waals surface area (Å²) in [4.78, 5) is 32.2. The molecule has 1 aliphatic rings. The molecule has 0 radical (unpaired) electrons. The van der Waals surface area contributed by atoms with E-state index in [2.05, 4.69) is 12.2 Å². The van der Waals surface area contributed by atoms with Gasteiger partial charge in [0.15, 0.2) is 0 Å². The second-order valence-corrected chi connectivity index (χ2v) is 10.6. The van der Waals surface area contributed by atoms with Crippen molar-refractivity contribution in [2.75, 3.05) is 11.9 Å². The average Bonchev–Trinajstić information content (AvgIpc) is 3.25. The Hall–Kier alpha value is -3.71. The van der Waals surface area contributed by atoms with E-state index < -0.39 is 5.91 Å². The van der Waals surface area contributed by atoms with Crippen LogP contribution in [0.5, 0.6) is 5.75 Å². The molecule has 2 amide bonds. The van der Waals surface area contributed by atoms with Crippen molar-refractivity contribution < 1.29 is 14.3 Å². The smallest absolute Gasteiger partial charge is 0.257 e. The van der Waals surface area contributed by atoms with Gasteiger partial charge in [-0.1, -0.05) is 50.1 Å². The highest BCUT2D eigenvalue weighted by molar-refractivity contribution is 7.17. The van der Waals surface area contributed by atoms with E-state index in [1.165, 1.54) is 22.6 Å². The van der Waals surface area contributed by atoms with Crippen LogP contribution in [0.1, 0.15) is 64.3 Å². The number of amides is 2. The summed E-state index contributed by atoms with van der Waals surface area (Å²) in [5.41, 5.74) is 10.0. The summed E-state index contributed by atoms with van der Waals surface area (Å²) in [5, 5.41) is 4.33. The van der Waals surface area contributed by atoms with E-state index >= 15 is 0 Å². The molecule has 190 valence electrons. The number of nitrogens with two attached hydrogens (primary N) is 1. The number of rotatable bonds is 8. The molecule has 1 aliphatic carbocycles. The zero-order valence-electron chi connectivity index (χ0n) is 21.2. The molecule has 3 N–H and O–H groups in total. The van der Waals surface area contributed by atoms with E-state index in [0.717, 1.165) is 53.5 Å². The molecule has 0 fully saturated rings. The lowest BCUT2D eigenvalue weighted by molar-refractivity contribution is 0.1000. The fourth-order valence-corrected chi connectivity index (χ4v) is 6.61. The first-order valence-corrected chi connectivity index (χ1v) is 13.7. The number of anilines is 1. The molecule has 5 rings (SSSR count). The molecule has 1 atom stereocenters. The minimum atomic E-state index is -0.491. The minimum Gasteiger partial charge on any atom is -0.494 e. The zero-order chi connectivity index (χ0) is 25.9. The van der Waals surface area contributed by atoms with Crippen LogP contribution in [0, 0.1) is 5.92 Å². The number of nitrogens with one attached hydrogen (secondary N) is 1. The zero-order valence-corrected chi connectivity index (χ0v) is 22.0. The number of hydrogen-bond donors (Lipinski definition) is 2. The van der Waals surface area contributed by atoms with Crippen LogP contribution in [-0.2, 0) is 12.8 Å². The minimum absolute atomic E-state index is 0.285. The molecule has 2 aromatic heterocycles. The first kappa shape index (κ1) is 25.0. The molecule has 0 saturated carbocycles. The van der Waals surface area contributed by atoms with Crippen LogP contribution in [0.2, 0.25) is 0 Å². The van der Waals surface area contributed by atoms with Gasteiger partial charge in [0.05, 0.1) is 28.9 Å². The first-order chi connectivity index (χ1) is 18.0. The standard InChI is InChI=1S/C30H31N3O3S/c1-3-8-18-13-14-22-26(15-18)37-30(27(22)28(31)34)33-29(35)23-17-25(32-24-12-6-5-11-21(23)24)19-9-7-10-20(16-19)36-4-2/h5-7,9-12,16-18H,3-4,8,13-15H2,1-2H3,(H2,31,34)(H,33,35)/t18-/m0/s1. The van der Waals surface area contributed by atoms with Crippen LogP contribution in [0.3, 0.4) is 0 Å². The van der Waals surface area contributed by atoms with Gasteiger partial charge in [0.25, 0.3) is 11.8 Å². The molecule has 7 heteroatoms. The van der Waals surface area contributed by atoms with Crippen LogP contribution in [0.25, 0.3) is 22.2 Å². The molecule has 2 aromatic carbocycles. The highest BCUT2D eigenvalue weighted by atomic mass is 32.1. The number of hydrogen-bond acceptors (Lipinski definition) is 5. The number of para-hydroxylation sites is 1. The Morgan fingerprint density at radius 2 is 1.97 bits per heavy atom. The van der Waals surface area contributed by atoms with Gasteiger partial charge in [0.1, 0.15) is 10.8 Å². The number of aromatic nitrogens is 1. The number of primary amides is 1. The second kappa shape index (κ2) is 10.7. The fraction of sp³-hybridized carbons (Fsp3) is 0.300. The summed E-state index contributed by atoms with van der Waals surface area (Å²) in [7, 11) is 0. The van der Waals surface area contributed by atoms with Gasteiger partial charge >= 0.3 is 0 Å². The van der Waals surface area contributed by atoms with Crippen molar-refractivity contribution in [1.29, 1.82) is 0 Å². The van der Waals surface area contributed by atoms with Gasteiger partial charge in [-0.3, -0.25) is 9.59 Å². The molecule has 0 spiro atoms. The number of thiophene rings is 1. The van der Waals surface area contributed by atoms with Gasteiger partial charge in [-0.25, -0.2) is 4.98 Å².